The van der Waals surface area contributed by atoms with Crippen LogP contribution in [0.4, 0.5) is 0 Å². The van der Waals surface area contributed by atoms with E-state index in [1.54, 1.807) is 12.1 Å². The Bertz CT molecular complexity index is 855. The van der Waals surface area contributed by atoms with Gasteiger partial charge in [0.25, 0.3) is 11.7 Å². The summed E-state index contributed by atoms with van der Waals surface area (Å²) in [5.74, 6) is 0.898. The summed E-state index contributed by atoms with van der Waals surface area (Å²) in [5, 5.41) is 15.8. The number of carbonyl (C=O) groups is 1. The van der Waals surface area contributed by atoms with Gasteiger partial charge in [0.15, 0.2) is 0 Å². The molecule has 1 aromatic carbocycles. The fourth-order valence-corrected chi connectivity index (χ4v) is 3.27. The average Bonchev–Trinajstić information content (AvgIpc) is 3.18. The number of nitrogens with one attached hydrogen (secondary N) is 1. The lowest BCUT2D eigenvalue weighted by Crippen LogP contribution is -2.29. The van der Waals surface area contributed by atoms with Gasteiger partial charge >= 0.3 is 0 Å². The highest BCUT2D eigenvalue weighted by Gasteiger charge is 2.32. The normalized spacial score (nSPS) is 19.6. The number of aromatic nitrogens is 2. The van der Waals surface area contributed by atoms with Crippen molar-refractivity contribution in [3.8, 4) is 11.8 Å². The summed E-state index contributed by atoms with van der Waals surface area (Å²) < 4.78 is 11.1. The van der Waals surface area contributed by atoms with E-state index in [0.29, 0.717) is 30.4 Å². The Hall–Kier alpha value is -2.92. The van der Waals surface area contributed by atoms with Crippen LogP contribution in [0.3, 0.4) is 0 Å². The van der Waals surface area contributed by atoms with E-state index in [1.807, 2.05) is 12.1 Å². The fraction of sp³-hybridized carbons (Fsp3) is 0.474. The maximum absolute atomic E-state index is 12.0. The summed E-state index contributed by atoms with van der Waals surface area (Å²) in [6, 6.07) is 9.58. The van der Waals surface area contributed by atoms with Crippen molar-refractivity contribution in [1.29, 1.82) is 5.26 Å². The molecule has 2 aliphatic rings. The Morgan fingerprint density at radius 3 is 3.04 bits per heavy atom. The highest BCUT2D eigenvalue weighted by atomic mass is 16.5. The quantitative estimate of drug-likeness (QED) is 0.798. The molecule has 1 aliphatic carbocycles. The van der Waals surface area contributed by atoms with Crippen LogP contribution in [0.1, 0.15) is 53.8 Å². The molecule has 0 radical (unpaired) electrons. The molecule has 0 spiro atoms. The molecule has 0 bridgehead atoms. The maximum Gasteiger partial charge on any atom is 0.292 e. The monoisotopic (exact) mass is 367 g/mol. The van der Waals surface area contributed by atoms with Gasteiger partial charge in [0.05, 0.1) is 11.6 Å². The Morgan fingerprint density at radius 1 is 1.37 bits per heavy atom. The van der Waals surface area contributed by atoms with Gasteiger partial charge in [0, 0.05) is 12.6 Å². The molecule has 2 fully saturated rings. The van der Waals surface area contributed by atoms with Gasteiger partial charge in [-0.2, -0.15) is 10.2 Å². The van der Waals surface area contributed by atoms with Gasteiger partial charge in [-0.3, -0.25) is 9.69 Å². The third-order valence-corrected chi connectivity index (χ3v) is 4.85. The molecule has 8 heteroatoms. The van der Waals surface area contributed by atoms with Gasteiger partial charge in [-0.05, 0) is 44.4 Å². The number of rotatable bonds is 7. The van der Waals surface area contributed by atoms with Crippen molar-refractivity contribution in [2.45, 2.75) is 37.8 Å². The van der Waals surface area contributed by atoms with Gasteiger partial charge in [0.2, 0.25) is 5.89 Å². The van der Waals surface area contributed by atoms with Crippen LogP contribution in [-0.2, 0) is 0 Å². The smallest absolute Gasteiger partial charge is 0.292 e. The van der Waals surface area contributed by atoms with Crippen LogP contribution in [-0.4, -0.2) is 46.7 Å². The Morgan fingerprint density at radius 2 is 2.22 bits per heavy atom. The predicted octanol–water partition coefficient (Wildman–Crippen LogP) is 2.05. The summed E-state index contributed by atoms with van der Waals surface area (Å²) >= 11 is 0. The molecule has 140 valence electrons. The van der Waals surface area contributed by atoms with Crippen LogP contribution >= 0.6 is 0 Å². The number of amides is 1. The van der Waals surface area contributed by atoms with Crippen LogP contribution in [0, 0.1) is 11.3 Å². The first kappa shape index (κ1) is 17.5. The second-order valence-corrected chi connectivity index (χ2v) is 6.85. The van der Waals surface area contributed by atoms with E-state index >= 15 is 0 Å². The topological polar surface area (TPSA) is 104 Å². The minimum atomic E-state index is -0.270. The van der Waals surface area contributed by atoms with Crippen LogP contribution in [0.25, 0.3) is 0 Å². The highest BCUT2D eigenvalue weighted by molar-refractivity contribution is 5.90. The largest absolute Gasteiger partial charge is 0.491 e. The van der Waals surface area contributed by atoms with Crippen LogP contribution in [0.5, 0.6) is 5.75 Å². The molecular weight excluding hydrogens is 346 g/mol. The second kappa shape index (κ2) is 7.76. The molecule has 2 aromatic rings. The highest BCUT2D eigenvalue weighted by Crippen LogP contribution is 2.30. The Balaban J connectivity index is 1.34. The number of nitriles is 1. The van der Waals surface area contributed by atoms with Crippen molar-refractivity contribution in [2.24, 2.45) is 0 Å². The molecule has 1 atom stereocenters. The molecule has 8 nitrogen and oxygen atoms in total. The van der Waals surface area contributed by atoms with Crippen molar-refractivity contribution in [3.05, 3.63) is 41.5 Å². The van der Waals surface area contributed by atoms with Crippen molar-refractivity contribution in [2.75, 3.05) is 19.7 Å². The van der Waals surface area contributed by atoms with E-state index in [9.17, 15) is 4.79 Å². The number of hydrogen-bond acceptors (Lipinski definition) is 7. The van der Waals surface area contributed by atoms with Crippen LogP contribution in [0.15, 0.2) is 28.8 Å². The number of carbonyl (C=O) groups excluding carboxylic acids is 1. The Labute approximate surface area is 157 Å². The van der Waals surface area contributed by atoms with E-state index in [0.717, 1.165) is 32.2 Å². The van der Waals surface area contributed by atoms with Crippen LogP contribution < -0.4 is 10.1 Å². The van der Waals surface area contributed by atoms with E-state index in [4.69, 9.17) is 14.5 Å². The number of hydrogen-bond donors (Lipinski definition) is 1. The van der Waals surface area contributed by atoms with E-state index in [1.165, 1.54) is 0 Å². The summed E-state index contributed by atoms with van der Waals surface area (Å²) in [7, 11) is 0. The molecule has 1 aromatic heterocycles. The minimum Gasteiger partial charge on any atom is -0.491 e. The SMILES string of the molecule is N#Cc1ccccc1OCCN1CCC[C@@H]1c1nc(C(=O)NC2CC2)no1. The third kappa shape index (κ3) is 4.09. The maximum atomic E-state index is 12.0. The number of nitrogens with zero attached hydrogens (tertiary/aromatic N) is 4. The molecule has 1 saturated carbocycles. The van der Waals surface area contributed by atoms with E-state index in [2.05, 4.69) is 26.4 Å². The number of likely N-dealkylation sites (tertiary alicyclic amines) is 1. The molecule has 1 aliphatic heterocycles. The van der Waals surface area contributed by atoms with Crippen molar-refractivity contribution >= 4 is 5.91 Å². The second-order valence-electron chi connectivity index (χ2n) is 6.85. The lowest BCUT2D eigenvalue weighted by atomic mass is 10.2. The van der Waals surface area contributed by atoms with Gasteiger partial charge in [0.1, 0.15) is 18.4 Å². The molecule has 1 amide bonds. The number of benzene rings is 1. The van der Waals surface area contributed by atoms with Crippen LogP contribution in [0.2, 0.25) is 0 Å². The average molecular weight is 367 g/mol. The molecule has 2 heterocycles. The first-order valence-electron chi connectivity index (χ1n) is 9.25. The molecule has 27 heavy (non-hydrogen) atoms. The molecule has 0 unspecified atom stereocenters. The zero-order valence-electron chi connectivity index (χ0n) is 14.9. The van der Waals surface area contributed by atoms with Crippen molar-refractivity contribution in [3.63, 3.8) is 0 Å². The fourth-order valence-electron chi connectivity index (χ4n) is 3.27. The summed E-state index contributed by atoms with van der Waals surface area (Å²) in [6.45, 7) is 2.04. The van der Waals surface area contributed by atoms with Crippen molar-refractivity contribution < 1.29 is 14.1 Å². The van der Waals surface area contributed by atoms with Crippen molar-refractivity contribution in [1.82, 2.24) is 20.4 Å². The molecule has 1 N–H and O–H groups in total. The standard InChI is InChI=1S/C19H21N5O3/c20-12-13-4-1-2-6-16(13)26-11-10-24-9-3-5-15(24)19-22-17(23-27-19)18(25)21-14-7-8-14/h1-2,4,6,14-15H,3,5,7-11H2,(H,21,25)/t15-/m1/s1. The molecule has 1 saturated heterocycles. The zero-order chi connectivity index (χ0) is 18.6. The Kier molecular flexibility index (Phi) is 5.03. The minimum absolute atomic E-state index is 0.00483. The summed E-state index contributed by atoms with van der Waals surface area (Å²) in [4.78, 5) is 18.6. The predicted molar refractivity (Wildman–Crippen MR) is 95.0 cm³/mol. The summed E-state index contributed by atoms with van der Waals surface area (Å²) in [6.07, 6.45) is 3.95. The third-order valence-electron chi connectivity index (χ3n) is 4.85. The first-order valence-corrected chi connectivity index (χ1v) is 9.25. The van der Waals surface area contributed by atoms with Gasteiger partial charge < -0.3 is 14.6 Å². The van der Waals surface area contributed by atoms with Gasteiger partial charge in [-0.1, -0.05) is 17.3 Å². The zero-order valence-corrected chi connectivity index (χ0v) is 14.9. The van der Waals surface area contributed by atoms with Gasteiger partial charge in [-0.25, -0.2) is 0 Å². The summed E-state index contributed by atoms with van der Waals surface area (Å²) in [5.41, 5.74) is 0.527. The van der Waals surface area contributed by atoms with E-state index in [-0.39, 0.29) is 23.8 Å². The first-order chi connectivity index (χ1) is 13.2. The van der Waals surface area contributed by atoms with Gasteiger partial charge in [-0.15, -0.1) is 0 Å². The lowest BCUT2D eigenvalue weighted by Gasteiger charge is -2.21. The number of ether oxygens (including phenoxy) is 1. The van der Waals surface area contributed by atoms with E-state index < -0.39 is 0 Å². The molecular formula is C19H21N5O3. The number of para-hydroxylation sites is 1. The molecule has 4 rings (SSSR count). The lowest BCUT2D eigenvalue weighted by molar-refractivity contribution is 0.0937.